The molecule has 164 valence electrons. The minimum absolute atomic E-state index is 0.0561. The van der Waals surface area contributed by atoms with E-state index in [1.54, 1.807) is 0 Å². The van der Waals surface area contributed by atoms with Gasteiger partial charge in [-0.15, -0.1) is 0 Å². The van der Waals surface area contributed by atoms with Gasteiger partial charge in [-0.1, -0.05) is 36.4 Å². The number of pyridine rings is 1. The number of H-pyrrole nitrogens is 1. The van der Waals surface area contributed by atoms with Crippen LogP contribution in [0.2, 0.25) is 0 Å². The van der Waals surface area contributed by atoms with Gasteiger partial charge < -0.3 is 20.1 Å². The average molecular weight is 437 g/mol. The molecule has 5 nitrogen and oxygen atoms in total. The van der Waals surface area contributed by atoms with Crippen LogP contribution >= 0.6 is 12.2 Å². The summed E-state index contributed by atoms with van der Waals surface area (Å²) in [6.07, 6.45) is 0.900. The zero-order valence-corrected chi connectivity index (χ0v) is 19.7. The highest BCUT2D eigenvalue weighted by atomic mass is 32.1. The number of fused-ring (bicyclic) bond motifs is 1. The van der Waals surface area contributed by atoms with Crippen molar-refractivity contribution >= 4 is 28.2 Å². The summed E-state index contributed by atoms with van der Waals surface area (Å²) in [5.74, 6) is 0. The number of benzene rings is 2. The Labute approximate surface area is 190 Å². The van der Waals surface area contributed by atoms with E-state index in [1.807, 2.05) is 51.4 Å². The highest BCUT2D eigenvalue weighted by Crippen LogP contribution is 2.19. The maximum atomic E-state index is 12.8. The number of aromatic amines is 1. The van der Waals surface area contributed by atoms with Gasteiger partial charge in [0, 0.05) is 36.1 Å². The second kappa shape index (κ2) is 10.6. The van der Waals surface area contributed by atoms with E-state index in [9.17, 15) is 4.79 Å². The highest BCUT2D eigenvalue weighted by Gasteiger charge is 2.14. The third kappa shape index (κ3) is 6.39. The summed E-state index contributed by atoms with van der Waals surface area (Å²) in [6, 6.07) is 16.5. The van der Waals surface area contributed by atoms with Gasteiger partial charge in [-0.05, 0) is 75.4 Å². The maximum absolute atomic E-state index is 12.8. The van der Waals surface area contributed by atoms with Gasteiger partial charge in [0.05, 0.1) is 6.54 Å². The molecule has 0 spiro atoms. The molecular weight excluding hydrogens is 404 g/mol. The third-order valence-electron chi connectivity index (χ3n) is 5.39. The van der Waals surface area contributed by atoms with Gasteiger partial charge in [-0.2, -0.15) is 0 Å². The monoisotopic (exact) mass is 436 g/mol. The molecule has 0 saturated heterocycles. The Morgan fingerprint density at radius 1 is 1.06 bits per heavy atom. The van der Waals surface area contributed by atoms with Crippen molar-refractivity contribution in [2.24, 2.45) is 0 Å². The largest absolute Gasteiger partial charge is 0.362 e. The Kier molecular flexibility index (Phi) is 7.82. The molecule has 0 radical (unpaired) electrons. The molecule has 0 unspecified atom stereocenters. The molecule has 1 heterocycles. The second-order valence-corrected chi connectivity index (χ2v) is 8.75. The van der Waals surface area contributed by atoms with Gasteiger partial charge in [0.1, 0.15) is 0 Å². The van der Waals surface area contributed by atoms with E-state index < -0.39 is 0 Å². The van der Waals surface area contributed by atoms with Crippen molar-refractivity contribution < 1.29 is 0 Å². The molecule has 0 bridgehead atoms. The SMILES string of the molecule is Cc1cc(C)c2cc(CN(CCN(C)C)C(=S)NCCc3ccccc3)c(=O)[nH]c2c1. The maximum Gasteiger partial charge on any atom is 0.253 e. The zero-order valence-electron chi connectivity index (χ0n) is 18.9. The first-order chi connectivity index (χ1) is 14.8. The summed E-state index contributed by atoms with van der Waals surface area (Å²) in [5, 5.41) is 5.14. The predicted molar refractivity (Wildman–Crippen MR) is 134 cm³/mol. The van der Waals surface area contributed by atoms with Gasteiger partial charge in [0.2, 0.25) is 0 Å². The van der Waals surface area contributed by atoms with Crippen LogP contribution in [0, 0.1) is 13.8 Å². The van der Waals surface area contributed by atoms with Crippen LogP contribution in [-0.4, -0.2) is 53.6 Å². The summed E-state index contributed by atoms with van der Waals surface area (Å²) in [7, 11) is 4.08. The average Bonchev–Trinajstić information content (AvgIpc) is 2.72. The number of nitrogens with zero attached hydrogens (tertiary/aromatic N) is 2. The van der Waals surface area contributed by atoms with Crippen molar-refractivity contribution in [3.8, 4) is 0 Å². The van der Waals surface area contributed by atoms with Crippen LogP contribution in [-0.2, 0) is 13.0 Å². The van der Waals surface area contributed by atoms with Crippen LogP contribution in [0.5, 0.6) is 0 Å². The molecule has 1 aromatic heterocycles. The Bertz CT molecular complexity index is 1090. The molecule has 0 aliphatic heterocycles. The first kappa shape index (κ1) is 23.0. The number of thiocarbonyl (C=S) groups is 1. The molecule has 0 fully saturated rings. The lowest BCUT2D eigenvalue weighted by molar-refractivity contribution is 0.322. The van der Waals surface area contributed by atoms with Crippen LogP contribution < -0.4 is 10.9 Å². The standard InChI is InChI=1S/C25H32N4OS/c1-18-14-19(2)22-16-21(24(30)27-23(22)15-18)17-29(13-12-28(3)4)25(31)26-11-10-20-8-6-5-7-9-20/h5-9,14-16H,10-13,17H2,1-4H3,(H,26,31)(H,27,30). The topological polar surface area (TPSA) is 51.4 Å². The normalized spacial score (nSPS) is 11.1. The van der Waals surface area contributed by atoms with Crippen LogP contribution in [0.3, 0.4) is 0 Å². The number of hydrogen-bond acceptors (Lipinski definition) is 3. The van der Waals surface area contributed by atoms with E-state index in [-0.39, 0.29) is 5.56 Å². The molecule has 0 aliphatic carbocycles. The molecule has 2 N–H and O–H groups in total. The van der Waals surface area contributed by atoms with Crippen molar-refractivity contribution in [3.63, 3.8) is 0 Å². The van der Waals surface area contributed by atoms with E-state index in [1.165, 1.54) is 5.56 Å². The highest BCUT2D eigenvalue weighted by molar-refractivity contribution is 7.80. The third-order valence-corrected chi connectivity index (χ3v) is 5.79. The quantitative estimate of drug-likeness (QED) is 0.528. The zero-order chi connectivity index (χ0) is 22.4. The van der Waals surface area contributed by atoms with Crippen molar-refractivity contribution in [1.29, 1.82) is 0 Å². The molecule has 3 aromatic rings. The van der Waals surface area contributed by atoms with Crippen LogP contribution in [0.15, 0.2) is 53.3 Å². The Balaban J connectivity index is 1.76. The fourth-order valence-electron chi connectivity index (χ4n) is 3.68. The van der Waals surface area contributed by atoms with Crippen molar-refractivity contribution in [2.75, 3.05) is 33.7 Å². The summed E-state index contributed by atoms with van der Waals surface area (Å²) in [4.78, 5) is 20.1. The second-order valence-electron chi connectivity index (χ2n) is 8.36. The van der Waals surface area contributed by atoms with Gasteiger partial charge in [0.25, 0.3) is 5.56 Å². The van der Waals surface area contributed by atoms with Gasteiger partial charge in [-0.25, -0.2) is 0 Å². The van der Waals surface area contributed by atoms with Crippen molar-refractivity contribution in [1.82, 2.24) is 20.1 Å². The molecule has 2 aromatic carbocycles. The minimum Gasteiger partial charge on any atom is -0.362 e. The number of hydrogen-bond donors (Lipinski definition) is 2. The number of aromatic nitrogens is 1. The molecule has 3 rings (SSSR count). The van der Waals surface area contributed by atoms with Gasteiger partial charge in [0.15, 0.2) is 5.11 Å². The summed E-state index contributed by atoms with van der Waals surface area (Å²) in [6.45, 7) is 6.95. The predicted octanol–water partition coefficient (Wildman–Crippen LogP) is 3.63. The van der Waals surface area contributed by atoms with E-state index in [0.717, 1.165) is 53.6 Å². The fourth-order valence-corrected chi connectivity index (χ4v) is 3.94. The Morgan fingerprint density at radius 2 is 1.81 bits per heavy atom. The number of likely N-dealkylation sites (N-methyl/N-ethyl adjacent to an activating group) is 1. The lowest BCUT2D eigenvalue weighted by Crippen LogP contribution is -2.43. The molecule has 0 amide bonds. The first-order valence-corrected chi connectivity index (χ1v) is 11.1. The van der Waals surface area contributed by atoms with Crippen LogP contribution in [0.4, 0.5) is 0 Å². The summed E-state index contributed by atoms with van der Waals surface area (Å²) in [5.41, 5.74) is 5.13. The number of rotatable bonds is 8. The fraction of sp³-hybridized carbons (Fsp3) is 0.360. The molecule has 6 heteroatoms. The summed E-state index contributed by atoms with van der Waals surface area (Å²) < 4.78 is 0. The Morgan fingerprint density at radius 3 is 2.52 bits per heavy atom. The molecule has 0 saturated carbocycles. The Hall–Kier alpha value is -2.70. The molecular formula is C25H32N4OS. The molecule has 0 atom stereocenters. The minimum atomic E-state index is -0.0561. The van der Waals surface area contributed by atoms with Gasteiger partial charge in [-0.3, -0.25) is 4.79 Å². The van der Waals surface area contributed by atoms with Gasteiger partial charge >= 0.3 is 0 Å². The molecule has 31 heavy (non-hydrogen) atoms. The van der Waals surface area contributed by atoms with Crippen molar-refractivity contribution in [3.05, 3.63) is 81.1 Å². The van der Waals surface area contributed by atoms with E-state index in [2.05, 4.69) is 45.2 Å². The van der Waals surface area contributed by atoms with E-state index in [4.69, 9.17) is 12.2 Å². The van der Waals surface area contributed by atoms with E-state index >= 15 is 0 Å². The lowest BCUT2D eigenvalue weighted by atomic mass is 10.0. The number of aryl methyl sites for hydroxylation is 2. The van der Waals surface area contributed by atoms with Crippen molar-refractivity contribution in [2.45, 2.75) is 26.8 Å². The molecule has 0 aliphatic rings. The van der Waals surface area contributed by atoms with Crippen LogP contribution in [0.25, 0.3) is 10.9 Å². The number of nitrogens with one attached hydrogen (secondary N) is 2. The summed E-state index contributed by atoms with van der Waals surface area (Å²) >= 11 is 5.71. The smallest absolute Gasteiger partial charge is 0.253 e. The first-order valence-electron chi connectivity index (χ1n) is 10.7. The lowest BCUT2D eigenvalue weighted by Gasteiger charge is -2.27. The van der Waals surface area contributed by atoms with Crippen LogP contribution in [0.1, 0.15) is 22.3 Å². The van der Waals surface area contributed by atoms with E-state index in [0.29, 0.717) is 11.7 Å².